The standard InChI is InChI=1S/C12H24N2O2/c1-6-9(2)13(5)12(15)14-7-10(3)16-11(4)8-14/h9-11H,6-8H2,1-5H3. The van der Waals surface area contributed by atoms with Crippen LogP contribution in [0, 0.1) is 0 Å². The molecule has 0 aromatic heterocycles. The molecule has 16 heavy (non-hydrogen) atoms. The molecule has 4 nitrogen and oxygen atoms in total. The van der Waals surface area contributed by atoms with Crippen molar-refractivity contribution < 1.29 is 9.53 Å². The average Bonchev–Trinajstić information content (AvgIpc) is 2.24. The van der Waals surface area contributed by atoms with E-state index >= 15 is 0 Å². The molecule has 1 rings (SSSR count). The second-order valence-corrected chi connectivity index (χ2v) is 4.81. The zero-order valence-corrected chi connectivity index (χ0v) is 11.1. The summed E-state index contributed by atoms with van der Waals surface area (Å²) in [5.74, 6) is 0. The van der Waals surface area contributed by atoms with Crippen molar-refractivity contribution in [1.29, 1.82) is 0 Å². The average molecular weight is 228 g/mol. The van der Waals surface area contributed by atoms with E-state index in [4.69, 9.17) is 4.74 Å². The number of hydrogen-bond donors (Lipinski definition) is 0. The van der Waals surface area contributed by atoms with E-state index in [1.165, 1.54) is 0 Å². The van der Waals surface area contributed by atoms with Crippen molar-refractivity contribution in [2.75, 3.05) is 20.1 Å². The van der Waals surface area contributed by atoms with E-state index in [0.29, 0.717) is 19.1 Å². The Morgan fingerprint density at radius 1 is 1.44 bits per heavy atom. The molecule has 1 aliphatic rings. The van der Waals surface area contributed by atoms with E-state index in [9.17, 15) is 4.79 Å². The molecule has 0 radical (unpaired) electrons. The Hall–Kier alpha value is -0.770. The summed E-state index contributed by atoms with van der Waals surface area (Å²) in [4.78, 5) is 15.9. The van der Waals surface area contributed by atoms with Gasteiger partial charge in [-0.25, -0.2) is 4.79 Å². The van der Waals surface area contributed by atoms with Crippen LogP contribution in [0.2, 0.25) is 0 Å². The van der Waals surface area contributed by atoms with Gasteiger partial charge in [-0.15, -0.1) is 0 Å². The van der Waals surface area contributed by atoms with Gasteiger partial charge in [0.2, 0.25) is 0 Å². The van der Waals surface area contributed by atoms with Crippen LogP contribution in [0.25, 0.3) is 0 Å². The van der Waals surface area contributed by atoms with E-state index in [0.717, 1.165) is 6.42 Å². The van der Waals surface area contributed by atoms with Crippen molar-refractivity contribution in [3.05, 3.63) is 0 Å². The van der Waals surface area contributed by atoms with E-state index < -0.39 is 0 Å². The monoisotopic (exact) mass is 228 g/mol. The first-order chi connectivity index (χ1) is 7.45. The maximum Gasteiger partial charge on any atom is 0.320 e. The molecule has 2 amide bonds. The zero-order valence-electron chi connectivity index (χ0n) is 11.1. The van der Waals surface area contributed by atoms with Gasteiger partial charge in [0.25, 0.3) is 0 Å². The Kier molecular flexibility index (Phi) is 4.59. The third-order valence-corrected chi connectivity index (χ3v) is 3.24. The number of morpholine rings is 1. The molecule has 1 saturated heterocycles. The highest BCUT2D eigenvalue weighted by atomic mass is 16.5. The molecule has 0 saturated carbocycles. The third kappa shape index (κ3) is 3.11. The Morgan fingerprint density at radius 3 is 2.38 bits per heavy atom. The van der Waals surface area contributed by atoms with Gasteiger partial charge < -0.3 is 14.5 Å². The number of urea groups is 1. The highest BCUT2D eigenvalue weighted by Gasteiger charge is 2.28. The molecule has 3 atom stereocenters. The molecule has 0 spiro atoms. The second kappa shape index (κ2) is 5.53. The molecule has 0 bridgehead atoms. The van der Waals surface area contributed by atoms with Crippen molar-refractivity contribution >= 4 is 6.03 Å². The van der Waals surface area contributed by atoms with Crippen molar-refractivity contribution in [2.45, 2.75) is 52.4 Å². The van der Waals surface area contributed by atoms with Gasteiger partial charge in [-0.3, -0.25) is 0 Å². The van der Waals surface area contributed by atoms with E-state index in [2.05, 4.69) is 13.8 Å². The Labute approximate surface area is 98.5 Å². The van der Waals surface area contributed by atoms with Crippen LogP contribution < -0.4 is 0 Å². The van der Waals surface area contributed by atoms with Crippen molar-refractivity contribution in [3.8, 4) is 0 Å². The van der Waals surface area contributed by atoms with E-state index in [1.807, 2.05) is 30.7 Å². The molecule has 1 heterocycles. The first-order valence-electron chi connectivity index (χ1n) is 6.12. The fraction of sp³-hybridized carbons (Fsp3) is 0.917. The van der Waals surface area contributed by atoms with Crippen LogP contribution >= 0.6 is 0 Å². The van der Waals surface area contributed by atoms with Gasteiger partial charge in [0.05, 0.1) is 12.2 Å². The summed E-state index contributed by atoms with van der Waals surface area (Å²) in [7, 11) is 1.88. The quantitative estimate of drug-likeness (QED) is 0.723. The fourth-order valence-electron chi connectivity index (χ4n) is 2.02. The molecule has 0 aromatic carbocycles. The van der Waals surface area contributed by atoms with Gasteiger partial charge in [-0.05, 0) is 27.2 Å². The number of ether oxygens (including phenoxy) is 1. The molecule has 0 aliphatic carbocycles. The first-order valence-corrected chi connectivity index (χ1v) is 6.12. The normalized spacial score (nSPS) is 27.7. The minimum Gasteiger partial charge on any atom is -0.372 e. The minimum absolute atomic E-state index is 0.122. The lowest BCUT2D eigenvalue weighted by Crippen LogP contribution is -2.53. The molecular weight excluding hydrogens is 204 g/mol. The van der Waals surface area contributed by atoms with Crippen molar-refractivity contribution in [1.82, 2.24) is 9.80 Å². The maximum atomic E-state index is 12.2. The number of nitrogens with zero attached hydrogens (tertiary/aromatic N) is 2. The Balaban J connectivity index is 2.59. The lowest BCUT2D eigenvalue weighted by atomic mass is 10.2. The van der Waals surface area contributed by atoms with Gasteiger partial charge >= 0.3 is 6.03 Å². The largest absolute Gasteiger partial charge is 0.372 e. The van der Waals surface area contributed by atoms with Crippen LogP contribution in [0.15, 0.2) is 0 Å². The van der Waals surface area contributed by atoms with Crippen LogP contribution in [0.3, 0.4) is 0 Å². The van der Waals surface area contributed by atoms with Crippen LogP contribution in [0.5, 0.6) is 0 Å². The fourth-order valence-corrected chi connectivity index (χ4v) is 2.02. The summed E-state index contributed by atoms with van der Waals surface area (Å²) in [5.41, 5.74) is 0. The summed E-state index contributed by atoms with van der Waals surface area (Å²) >= 11 is 0. The van der Waals surface area contributed by atoms with Gasteiger partial charge in [-0.1, -0.05) is 6.92 Å². The summed E-state index contributed by atoms with van der Waals surface area (Å²) in [6.07, 6.45) is 1.26. The number of hydrogen-bond acceptors (Lipinski definition) is 2. The number of amides is 2. The minimum atomic E-state index is 0.122. The predicted molar refractivity (Wildman–Crippen MR) is 64.5 cm³/mol. The smallest absolute Gasteiger partial charge is 0.320 e. The molecule has 3 unspecified atom stereocenters. The highest BCUT2D eigenvalue weighted by molar-refractivity contribution is 5.74. The third-order valence-electron chi connectivity index (χ3n) is 3.24. The van der Waals surface area contributed by atoms with Crippen molar-refractivity contribution in [2.24, 2.45) is 0 Å². The zero-order chi connectivity index (χ0) is 12.3. The lowest BCUT2D eigenvalue weighted by molar-refractivity contribution is -0.0584. The van der Waals surface area contributed by atoms with Gasteiger partial charge in [0.1, 0.15) is 0 Å². The topological polar surface area (TPSA) is 32.8 Å². The second-order valence-electron chi connectivity index (χ2n) is 4.81. The summed E-state index contributed by atoms with van der Waals surface area (Å²) in [6.45, 7) is 9.59. The molecule has 1 fully saturated rings. The van der Waals surface area contributed by atoms with E-state index in [-0.39, 0.29) is 18.2 Å². The molecule has 94 valence electrons. The highest BCUT2D eigenvalue weighted by Crippen LogP contribution is 2.13. The van der Waals surface area contributed by atoms with Gasteiger partial charge in [-0.2, -0.15) is 0 Å². The van der Waals surface area contributed by atoms with Crippen LogP contribution in [-0.2, 0) is 4.74 Å². The Bertz CT molecular complexity index is 235. The number of rotatable bonds is 2. The summed E-state index contributed by atoms with van der Waals surface area (Å²) in [5, 5.41) is 0. The summed E-state index contributed by atoms with van der Waals surface area (Å²) in [6, 6.07) is 0.414. The maximum absolute atomic E-state index is 12.2. The number of carbonyl (C=O) groups is 1. The number of carbonyl (C=O) groups excluding carboxylic acids is 1. The lowest BCUT2D eigenvalue weighted by Gasteiger charge is -2.38. The molecule has 0 aromatic rings. The molecule has 1 aliphatic heterocycles. The van der Waals surface area contributed by atoms with Crippen molar-refractivity contribution in [3.63, 3.8) is 0 Å². The van der Waals surface area contributed by atoms with Crippen LogP contribution in [0.4, 0.5) is 4.79 Å². The van der Waals surface area contributed by atoms with E-state index in [1.54, 1.807) is 0 Å². The van der Waals surface area contributed by atoms with Gasteiger partial charge in [0.15, 0.2) is 0 Å². The SMILES string of the molecule is CCC(C)N(C)C(=O)N1CC(C)OC(C)C1. The Morgan fingerprint density at radius 2 is 1.94 bits per heavy atom. The van der Waals surface area contributed by atoms with Crippen LogP contribution in [0.1, 0.15) is 34.1 Å². The predicted octanol–water partition coefficient (Wildman–Crippen LogP) is 1.95. The first kappa shape index (κ1) is 13.3. The molecular formula is C12H24N2O2. The molecule has 4 heteroatoms. The van der Waals surface area contributed by atoms with Gasteiger partial charge in [0, 0.05) is 26.2 Å². The summed E-state index contributed by atoms with van der Waals surface area (Å²) < 4.78 is 5.62. The van der Waals surface area contributed by atoms with Crippen LogP contribution in [-0.4, -0.2) is 54.2 Å². The molecule has 0 N–H and O–H groups in total.